The van der Waals surface area contributed by atoms with Crippen LogP contribution in [0.25, 0.3) is 0 Å². The molecule has 17 heavy (non-hydrogen) atoms. The molecule has 1 atom stereocenters. The maximum Gasteiger partial charge on any atom is 0.214 e. The zero-order valence-electron chi connectivity index (χ0n) is 10.2. The van der Waals surface area contributed by atoms with Crippen molar-refractivity contribution in [1.29, 1.82) is 0 Å². The largest absolute Gasteiger partial charge is 0.355 e. The summed E-state index contributed by atoms with van der Waals surface area (Å²) in [5.41, 5.74) is 0. The highest BCUT2D eigenvalue weighted by Gasteiger charge is 2.19. The first kappa shape index (κ1) is 12.7. The van der Waals surface area contributed by atoms with Crippen molar-refractivity contribution in [3.8, 4) is 0 Å². The number of pyridine rings is 1. The second-order valence-electron chi connectivity index (χ2n) is 4.34. The summed E-state index contributed by atoms with van der Waals surface area (Å²) in [6.45, 7) is 4.19. The molecular weight excluding hydrogens is 235 g/mol. The third-order valence-electron chi connectivity index (χ3n) is 3.05. The van der Waals surface area contributed by atoms with Crippen LogP contribution in [-0.4, -0.2) is 29.1 Å². The lowest BCUT2D eigenvalue weighted by molar-refractivity contribution is 0.580. The predicted octanol–water partition coefficient (Wildman–Crippen LogP) is 3.33. The van der Waals surface area contributed by atoms with E-state index in [0.717, 1.165) is 24.7 Å². The van der Waals surface area contributed by atoms with Crippen LogP contribution >= 0.6 is 11.8 Å². The van der Waals surface area contributed by atoms with Crippen molar-refractivity contribution in [3.05, 3.63) is 24.1 Å². The average Bonchev–Trinajstić information content (AvgIpc) is 2.55. The summed E-state index contributed by atoms with van der Waals surface area (Å²) in [7, 11) is 0. The number of anilines is 1. The minimum absolute atomic E-state index is 0.383. The zero-order valence-corrected chi connectivity index (χ0v) is 11.0. The lowest BCUT2D eigenvalue weighted by atomic mass is 10.2. The maximum absolute atomic E-state index is 13.1. The van der Waals surface area contributed by atoms with Gasteiger partial charge in [0, 0.05) is 18.3 Å². The van der Waals surface area contributed by atoms with Gasteiger partial charge in [0.2, 0.25) is 5.95 Å². The molecule has 0 aromatic carbocycles. The van der Waals surface area contributed by atoms with E-state index >= 15 is 0 Å². The third-order valence-corrected chi connectivity index (χ3v) is 4.24. The summed E-state index contributed by atoms with van der Waals surface area (Å²) in [4.78, 5) is 6.21. The van der Waals surface area contributed by atoms with E-state index < -0.39 is 0 Å². The Kier molecular flexibility index (Phi) is 4.66. The Balaban J connectivity index is 2.08. The Bertz CT molecular complexity index is 359. The van der Waals surface area contributed by atoms with E-state index in [-0.39, 0.29) is 5.95 Å². The molecule has 0 amide bonds. The molecule has 0 spiro atoms. The van der Waals surface area contributed by atoms with Crippen molar-refractivity contribution in [3.63, 3.8) is 0 Å². The first-order chi connectivity index (χ1) is 8.29. The number of rotatable bonds is 3. The van der Waals surface area contributed by atoms with Crippen LogP contribution in [-0.2, 0) is 0 Å². The second kappa shape index (κ2) is 6.24. The van der Waals surface area contributed by atoms with Crippen LogP contribution in [0.5, 0.6) is 0 Å². The molecule has 1 fully saturated rings. The molecule has 1 aliphatic rings. The fourth-order valence-electron chi connectivity index (χ4n) is 2.26. The number of nitrogens with zero attached hydrogens (tertiary/aromatic N) is 2. The van der Waals surface area contributed by atoms with Gasteiger partial charge in [0.05, 0.1) is 0 Å². The quantitative estimate of drug-likeness (QED) is 0.770. The van der Waals surface area contributed by atoms with Gasteiger partial charge in [0.15, 0.2) is 0 Å². The molecular formula is C13H19FN2S. The maximum atomic E-state index is 13.1. The molecule has 0 N–H and O–H groups in total. The Morgan fingerprint density at radius 1 is 1.47 bits per heavy atom. The normalized spacial score (nSPS) is 21.3. The minimum Gasteiger partial charge on any atom is -0.355 e. The van der Waals surface area contributed by atoms with Crippen LogP contribution in [0, 0.1) is 5.95 Å². The standard InChI is InChI=1S/C13H19FN2S/c1-2-17-11-6-3-4-9-16(10-11)13-8-5-7-12(14)15-13/h5,7-8,11H,2-4,6,9-10H2,1H3. The molecule has 94 valence electrons. The number of hydrogen-bond donors (Lipinski definition) is 0. The fraction of sp³-hybridized carbons (Fsp3) is 0.615. The molecule has 2 rings (SSSR count). The lowest BCUT2D eigenvalue weighted by Crippen LogP contribution is -2.30. The first-order valence-electron chi connectivity index (χ1n) is 6.28. The summed E-state index contributed by atoms with van der Waals surface area (Å²) in [5.74, 6) is 1.55. The van der Waals surface area contributed by atoms with E-state index in [9.17, 15) is 4.39 Å². The van der Waals surface area contributed by atoms with Crippen LogP contribution in [0.1, 0.15) is 26.2 Å². The summed E-state index contributed by atoms with van der Waals surface area (Å²) in [6.07, 6.45) is 3.72. The molecule has 0 saturated carbocycles. The third kappa shape index (κ3) is 3.60. The van der Waals surface area contributed by atoms with Gasteiger partial charge < -0.3 is 4.90 Å². The van der Waals surface area contributed by atoms with Gasteiger partial charge in [-0.2, -0.15) is 16.2 Å². The molecule has 0 aliphatic carbocycles. The fourth-order valence-corrected chi connectivity index (χ4v) is 3.35. The molecule has 2 heterocycles. The van der Waals surface area contributed by atoms with Gasteiger partial charge in [-0.15, -0.1) is 0 Å². The summed E-state index contributed by atoms with van der Waals surface area (Å²) in [6, 6.07) is 5.05. The van der Waals surface area contributed by atoms with Crippen LogP contribution in [0.4, 0.5) is 10.2 Å². The molecule has 1 unspecified atom stereocenters. The topological polar surface area (TPSA) is 16.1 Å². The molecule has 1 aromatic heterocycles. The molecule has 4 heteroatoms. The van der Waals surface area contributed by atoms with Crippen molar-refractivity contribution in [2.24, 2.45) is 0 Å². The Labute approximate surface area is 107 Å². The molecule has 0 radical (unpaired) electrons. The molecule has 1 saturated heterocycles. The highest BCUT2D eigenvalue weighted by atomic mass is 32.2. The summed E-state index contributed by atoms with van der Waals surface area (Å²) >= 11 is 2.00. The van der Waals surface area contributed by atoms with Gasteiger partial charge >= 0.3 is 0 Å². The van der Waals surface area contributed by atoms with E-state index in [1.807, 2.05) is 17.8 Å². The molecule has 1 aromatic rings. The van der Waals surface area contributed by atoms with Crippen molar-refractivity contribution >= 4 is 17.6 Å². The molecule has 2 nitrogen and oxygen atoms in total. The lowest BCUT2D eigenvalue weighted by Gasteiger charge is -2.24. The van der Waals surface area contributed by atoms with E-state index in [1.165, 1.54) is 25.3 Å². The number of hydrogen-bond acceptors (Lipinski definition) is 3. The van der Waals surface area contributed by atoms with Crippen LogP contribution in [0.2, 0.25) is 0 Å². The summed E-state index contributed by atoms with van der Waals surface area (Å²) < 4.78 is 13.1. The van der Waals surface area contributed by atoms with E-state index in [0.29, 0.717) is 5.25 Å². The first-order valence-corrected chi connectivity index (χ1v) is 7.33. The average molecular weight is 254 g/mol. The number of thioether (sulfide) groups is 1. The highest BCUT2D eigenvalue weighted by Crippen LogP contribution is 2.24. The zero-order chi connectivity index (χ0) is 12.1. The van der Waals surface area contributed by atoms with Crippen molar-refractivity contribution in [2.45, 2.75) is 31.4 Å². The van der Waals surface area contributed by atoms with Crippen LogP contribution in [0.15, 0.2) is 18.2 Å². The van der Waals surface area contributed by atoms with Gasteiger partial charge in [0.1, 0.15) is 5.82 Å². The smallest absolute Gasteiger partial charge is 0.214 e. The van der Waals surface area contributed by atoms with Crippen molar-refractivity contribution < 1.29 is 4.39 Å². The SMILES string of the molecule is CCSC1CCCCN(c2cccc(F)n2)C1. The monoisotopic (exact) mass is 254 g/mol. The van der Waals surface area contributed by atoms with Crippen molar-refractivity contribution in [2.75, 3.05) is 23.7 Å². The second-order valence-corrected chi connectivity index (χ2v) is 5.92. The van der Waals surface area contributed by atoms with E-state index in [2.05, 4.69) is 16.8 Å². The Hall–Kier alpha value is -0.770. The van der Waals surface area contributed by atoms with Gasteiger partial charge in [-0.1, -0.05) is 19.4 Å². The van der Waals surface area contributed by atoms with Gasteiger partial charge in [0.25, 0.3) is 0 Å². The molecule has 0 bridgehead atoms. The van der Waals surface area contributed by atoms with Crippen molar-refractivity contribution in [1.82, 2.24) is 4.98 Å². The van der Waals surface area contributed by atoms with Gasteiger partial charge in [-0.3, -0.25) is 0 Å². The number of aromatic nitrogens is 1. The highest BCUT2D eigenvalue weighted by molar-refractivity contribution is 7.99. The van der Waals surface area contributed by atoms with Gasteiger partial charge in [-0.05, 0) is 30.7 Å². The predicted molar refractivity (Wildman–Crippen MR) is 72.2 cm³/mol. The van der Waals surface area contributed by atoms with E-state index in [1.54, 1.807) is 6.07 Å². The summed E-state index contributed by atoms with van der Waals surface area (Å²) in [5, 5.41) is 0.660. The Morgan fingerprint density at radius 3 is 3.12 bits per heavy atom. The van der Waals surface area contributed by atoms with E-state index in [4.69, 9.17) is 0 Å². The molecule has 1 aliphatic heterocycles. The van der Waals surface area contributed by atoms with Crippen LogP contribution < -0.4 is 4.90 Å². The Morgan fingerprint density at radius 2 is 2.35 bits per heavy atom. The van der Waals surface area contributed by atoms with Crippen LogP contribution in [0.3, 0.4) is 0 Å². The van der Waals surface area contributed by atoms with Gasteiger partial charge in [-0.25, -0.2) is 4.98 Å². The minimum atomic E-state index is -0.383. The number of halogens is 1.